The minimum atomic E-state index is -0.624. The van der Waals surface area contributed by atoms with Gasteiger partial charge < -0.3 is 9.84 Å². The van der Waals surface area contributed by atoms with Gasteiger partial charge in [0.05, 0.1) is 17.6 Å². The molecular formula is C16H21NO2. The highest BCUT2D eigenvalue weighted by Gasteiger charge is 2.40. The first-order chi connectivity index (χ1) is 9.18. The van der Waals surface area contributed by atoms with E-state index in [2.05, 4.69) is 25.1 Å². The average Bonchev–Trinajstić information content (AvgIpc) is 2.48. The number of benzene rings is 1. The van der Waals surface area contributed by atoms with Gasteiger partial charge in [0.15, 0.2) is 0 Å². The largest absolute Gasteiger partial charge is 0.391 e. The number of hydrogen-bond acceptors (Lipinski definition) is 3. The highest BCUT2D eigenvalue weighted by atomic mass is 16.5. The van der Waals surface area contributed by atoms with E-state index >= 15 is 0 Å². The molecule has 19 heavy (non-hydrogen) atoms. The molecule has 1 aromatic carbocycles. The van der Waals surface area contributed by atoms with Crippen molar-refractivity contribution in [3.63, 3.8) is 0 Å². The summed E-state index contributed by atoms with van der Waals surface area (Å²) in [6.07, 6.45) is 1.30. The molecule has 1 saturated heterocycles. The average molecular weight is 259 g/mol. The first-order valence-electron chi connectivity index (χ1n) is 6.90. The van der Waals surface area contributed by atoms with E-state index in [1.54, 1.807) is 0 Å². The van der Waals surface area contributed by atoms with Crippen molar-refractivity contribution < 1.29 is 9.84 Å². The maximum absolute atomic E-state index is 10.5. The van der Waals surface area contributed by atoms with Crippen LogP contribution in [0, 0.1) is 16.7 Å². The number of rotatable bonds is 4. The van der Waals surface area contributed by atoms with Gasteiger partial charge in [0.1, 0.15) is 0 Å². The van der Waals surface area contributed by atoms with Gasteiger partial charge in [-0.15, -0.1) is 0 Å². The van der Waals surface area contributed by atoms with Gasteiger partial charge >= 0.3 is 0 Å². The number of ether oxygens (including phenoxy) is 1. The third-order valence-corrected chi connectivity index (χ3v) is 4.19. The maximum atomic E-state index is 10.5. The van der Waals surface area contributed by atoms with Gasteiger partial charge in [-0.1, -0.05) is 37.3 Å². The fourth-order valence-electron chi connectivity index (χ4n) is 2.73. The van der Waals surface area contributed by atoms with Crippen LogP contribution in [0.15, 0.2) is 30.3 Å². The molecule has 1 aliphatic heterocycles. The molecule has 102 valence electrons. The van der Waals surface area contributed by atoms with Crippen LogP contribution in [0.1, 0.15) is 37.7 Å². The normalized spacial score (nSPS) is 21.3. The fourth-order valence-corrected chi connectivity index (χ4v) is 2.73. The predicted molar refractivity (Wildman–Crippen MR) is 73.6 cm³/mol. The molecule has 2 atom stereocenters. The molecule has 3 nitrogen and oxygen atoms in total. The number of aliphatic hydroxyl groups is 1. The molecule has 1 aromatic rings. The smallest absolute Gasteiger partial charge is 0.0876 e. The SMILES string of the molecule is CC(CC(O)C1(C#N)CCOCC1)c1ccccc1. The Hall–Kier alpha value is -1.37. The van der Waals surface area contributed by atoms with E-state index < -0.39 is 11.5 Å². The molecule has 0 saturated carbocycles. The molecule has 2 rings (SSSR count). The summed E-state index contributed by atoms with van der Waals surface area (Å²) >= 11 is 0. The molecule has 1 aliphatic rings. The van der Waals surface area contributed by atoms with Crippen LogP contribution < -0.4 is 0 Å². The predicted octanol–water partition coefficient (Wildman–Crippen LogP) is 2.86. The first kappa shape index (κ1) is 14.0. The maximum Gasteiger partial charge on any atom is 0.0876 e. The second-order valence-corrected chi connectivity index (χ2v) is 5.44. The zero-order valence-electron chi connectivity index (χ0n) is 11.4. The molecule has 3 heteroatoms. The van der Waals surface area contributed by atoms with E-state index in [1.807, 2.05) is 18.2 Å². The van der Waals surface area contributed by atoms with Gasteiger partial charge in [0.2, 0.25) is 0 Å². The van der Waals surface area contributed by atoms with E-state index in [1.165, 1.54) is 5.56 Å². The zero-order valence-corrected chi connectivity index (χ0v) is 11.4. The number of aliphatic hydroxyl groups excluding tert-OH is 1. The molecule has 0 radical (unpaired) electrons. The topological polar surface area (TPSA) is 53.2 Å². The molecule has 1 N–H and O–H groups in total. The fraction of sp³-hybridized carbons (Fsp3) is 0.562. The Labute approximate surface area is 114 Å². The molecule has 0 bridgehead atoms. The van der Waals surface area contributed by atoms with Crippen molar-refractivity contribution in [3.05, 3.63) is 35.9 Å². The van der Waals surface area contributed by atoms with Gasteiger partial charge in [-0.2, -0.15) is 5.26 Å². The van der Waals surface area contributed by atoms with Crippen molar-refractivity contribution in [3.8, 4) is 6.07 Å². The summed E-state index contributed by atoms with van der Waals surface area (Å²) in [6.45, 7) is 3.25. The number of hydrogen-bond donors (Lipinski definition) is 1. The van der Waals surface area contributed by atoms with E-state index in [4.69, 9.17) is 4.74 Å². The quantitative estimate of drug-likeness (QED) is 0.904. The molecule has 2 unspecified atom stereocenters. The van der Waals surface area contributed by atoms with E-state index in [-0.39, 0.29) is 5.92 Å². The monoisotopic (exact) mass is 259 g/mol. The molecule has 0 aromatic heterocycles. The Kier molecular flexibility index (Phi) is 4.57. The van der Waals surface area contributed by atoms with Crippen molar-refractivity contribution in [1.82, 2.24) is 0 Å². The van der Waals surface area contributed by atoms with E-state index in [0.29, 0.717) is 32.5 Å². The van der Waals surface area contributed by atoms with Crippen LogP contribution in [0.2, 0.25) is 0 Å². The molecule has 0 spiro atoms. The van der Waals surface area contributed by atoms with Gasteiger partial charge in [0.25, 0.3) is 0 Å². The van der Waals surface area contributed by atoms with Crippen molar-refractivity contribution in [2.75, 3.05) is 13.2 Å². The summed E-state index contributed by atoms with van der Waals surface area (Å²) in [7, 11) is 0. The Balaban J connectivity index is 2.04. The van der Waals surface area contributed by atoms with Crippen molar-refractivity contribution in [2.45, 2.75) is 38.2 Å². The second kappa shape index (κ2) is 6.18. The lowest BCUT2D eigenvalue weighted by molar-refractivity contribution is -0.0345. The lowest BCUT2D eigenvalue weighted by Gasteiger charge is -2.36. The summed E-state index contributed by atoms with van der Waals surface area (Å²) in [6, 6.07) is 12.5. The third-order valence-electron chi connectivity index (χ3n) is 4.19. The molecular weight excluding hydrogens is 238 g/mol. The van der Waals surface area contributed by atoms with Crippen LogP contribution in [-0.4, -0.2) is 24.4 Å². The molecule has 0 amide bonds. The Morgan fingerprint density at radius 2 is 1.95 bits per heavy atom. The van der Waals surface area contributed by atoms with Crippen LogP contribution in [0.5, 0.6) is 0 Å². The van der Waals surface area contributed by atoms with Gasteiger partial charge in [-0.3, -0.25) is 0 Å². The second-order valence-electron chi connectivity index (χ2n) is 5.44. The Morgan fingerprint density at radius 1 is 1.32 bits per heavy atom. The van der Waals surface area contributed by atoms with Gasteiger partial charge in [-0.05, 0) is 30.7 Å². The van der Waals surface area contributed by atoms with E-state index in [0.717, 1.165) is 0 Å². The Bertz CT molecular complexity index is 432. The van der Waals surface area contributed by atoms with Crippen LogP contribution in [0.25, 0.3) is 0 Å². The first-order valence-corrected chi connectivity index (χ1v) is 6.90. The molecule has 1 heterocycles. The minimum absolute atomic E-state index is 0.254. The summed E-state index contributed by atoms with van der Waals surface area (Å²) in [5.74, 6) is 0.254. The number of nitriles is 1. The van der Waals surface area contributed by atoms with Crippen LogP contribution in [0.4, 0.5) is 0 Å². The number of nitrogens with zero attached hydrogens (tertiary/aromatic N) is 1. The van der Waals surface area contributed by atoms with Crippen LogP contribution >= 0.6 is 0 Å². The third kappa shape index (κ3) is 3.15. The minimum Gasteiger partial charge on any atom is -0.391 e. The van der Waals surface area contributed by atoms with Crippen LogP contribution in [0.3, 0.4) is 0 Å². The molecule has 0 aliphatic carbocycles. The highest BCUT2D eigenvalue weighted by molar-refractivity contribution is 5.19. The summed E-state index contributed by atoms with van der Waals surface area (Å²) in [5.41, 5.74) is 0.586. The summed E-state index contributed by atoms with van der Waals surface area (Å²) in [5, 5.41) is 19.9. The van der Waals surface area contributed by atoms with Crippen molar-refractivity contribution in [1.29, 1.82) is 5.26 Å². The summed E-state index contributed by atoms with van der Waals surface area (Å²) in [4.78, 5) is 0. The zero-order chi connectivity index (χ0) is 13.7. The van der Waals surface area contributed by atoms with Crippen molar-refractivity contribution >= 4 is 0 Å². The lowest BCUT2D eigenvalue weighted by Crippen LogP contribution is -2.39. The summed E-state index contributed by atoms with van der Waals surface area (Å²) < 4.78 is 5.30. The van der Waals surface area contributed by atoms with E-state index in [9.17, 15) is 10.4 Å². The van der Waals surface area contributed by atoms with Crippen molar-refractivity contribution in [2.24, 2.45) is 5.41 Å². The standard InChI is InChI=1S/C16H21NO2/c1-13(14-5-3-2-4-6-14)11-15(18)16(12-17)7-9-19-10-8-16/h2-6,13,15,18H,7-11H2,1H3. The van der Waals surface area contributed by atoms with Crippen LogP contribution in [-0.2, 0) is 4.74 Å². The molecule has 1 fully saturated rings. The van der Waals surface area contributed by atoms with Gasteiger partial charge in [0, 0.05) is 13.2 Å². The highest BCUT2D eigenvalue weighted by Crippen LogP contribution is 2.37. The van der Waals surface area contributed by atoms with Gasteiger partial charge in [-0.25, -0.2) is 0 Å². The Morgan fingerprint density at radius 3 is 2.53 bits per heavy atom. The lowest BCUT2D eigenvalue weighted by atomic mass is 9.73.